The van der Waals surface area contributed by atoms with E-state index in [-0.39, 0.29) is 11.4 Å². The molecule has 0 fully saturated rings. The Morgan fingerprint density at radius 1 is 1.37 bits per heavy atom. The van der Waals surface area contributed by atoms with Crippen LogP contribution < -0.4 is 15.1 Å². The van der Waals surface area contributed by atoms with Crippen LogP contribution in [0.2, 0.25) is 0 Å². The predicted molar refractivity (Wildman–Crippen MR) is 132 cm³/mol. The highest BCUT2D eigenvalue weighted by molar-refractivity contribution is 14.1. The molecular weight excluding hydrogens is 489 g/mol. The number of halogens is 1. The quantitative estimate of drug-likeness (QED) is 0.323. The number of hydrazone groups is 1. The van der Waals surface area contributed by atoms with Crippen molar-refractivity contribution in [3.8, 4) is 5.75 Å². The van der Waals surface area contributed by atoms with Gasteiger partial charge in [0.25, 0.3) is 5.91 Å². The Bertz CT molecular complexity index is 985. The number of hydrogen-bond acceptors (Lipinski definition) is 4. The van der Waals surface area contributed by atoms with Crippen molar-refractivity contribution in [2.24, 2.45) is 5.10 Å². The maximum Gasteiger partial charge on any atom is 0.271 e. The molecule has 2 aromatic rings. The van der Waals surface area contributed by atoms with Crippen molar-refractivity contribution < 1.29 is 9.53 Å². The van der Waals surface area contributed by atoms with E-state index in [0.29, 0.717) is 17.2 Å². The standard InChI is InChI=1S/C24H30IN3O2/c1-7-28-21-10-15(2)18(11-19(21)16(3)13-24(28,4)5)14-26-27-23(29)17-8-9-20(25)22(12-17)30-6/h8-12,14,16H,7,13H2,1-6H3,(H,27,29)/b26-14+/t16-/m1/s1. The summed E-state index contributed by atoms with van der Waals surface area (Å²) < 4.78 is 6.25. The summed E-state index contributed by atoms with van der Waals surface area (Å²) in [4.78, 5) is 14.9. The van der Waals surface area contributed by atoms with E-state index in [9.17, 15) is 4.79 Å². The molecule has 30 heavy (non-hydrogen) atoms. The van der Waals surface area contributed by atoms with Gasteiger partial charge in [-0.1, -0.05) is 6.92 Å². The van der Waals surface area contributed by atoms with E-state index < -0.39 is 0 Å². The van der Waals surface area contributed by atoms with Crippen LogP contribution in [0.5, 0.6) is 5.75 Å². The first-order chi connectivity index (χ1) is 14.2. The Morgan fingerprint density at radius 3 is 2.77 bits per heavy atom. The number of nitrogens with zero attached hydrogens (tertiary/aromatic N) is 2. The second-order valence-electron chi connectivity index (χ2n) is 8.48. The van der Waals surface area contributed by atoms with Crippen LogP contribution in [-0.2, 0) is 0 Å². The van der Waals surface area contributed by atoms with Crippen LogP contribution in [0, 0.1) is 10.5 Å². The Morgan fingerprint density at radius 2 is 2.10 bits per heavy atom. The Hall–Kier alpha value is -2.09. The number of carbonyl (C=O) groups is 1. The lowest BCUT2D eigenvalue weighted by Gasteiger charge is -2.47. The summed E-state index contributed by atoms with van der Waals surface area (Å²) in [6, 6.07) is 9.82. The maximum absolute atomic E-state index is 12.4. The van der Waals surface area contributed by atoms with Crippen molar-refractivity contribution in [1.82, 2.24) is 5.43 Å². The molecule has 1 amide bonds. The van der Waals surface area contributed by atoms with E-state index in [1.807, 2.05) is 6.07 Å². The molecule has 0 bridgehead atoms. The highest BCUT2D eigenvalue weighted by atomic mass is 127. The third-order valence-electron chi connectivity index (χ3n) is 5.87. The number of methoxy groups -OCH3 is 1. The molecule has 0 spiro atoms. The van der Waals surface area contributed by atoms with E-state index >= 15 is 0 Å². The number of fused-ring (bicyclic) bond motifs is 1. The van der Waals surface area contributed by atoms with Crippen molar-refractivity contribution in [2.45, 2.75) is 52.5 Å². The highest BCUT2D eigenvalue weighted by Gasteiger charge is 2.35. The molecule has 1 aliphatic heterocycles. The van der Waals surface area contributed by atoms with Crippen LogP contribution >= 0.6 is 22.6 Å². The van der Waals surface area contributed by atoms with Crippen LogP contribution in [0.15, 0.2) is 35.4 Å². The smallest absolute Gasteiger partial charge is 0.271 e. The van der Waals surface area contributed by atoms with Gasteiger partial charge >= 0.3 is 0 Å². The average molecular weight is 519 g/mol. The number of benzene rings is 2. The van der Waals surface area contributed by atoms with Gasteiger partial charge in [0.1, 0.15) is 5.75 Å². The summed E-state index contributed by atoms with van der Waals surface area (Å²) in [7, 11) is 1.60. The molecule has 2 aromatic carbocycles. The van der Waals surface area contributed by atoms with E-state index in [2.05, 4.69) is 84.8 Å². The van der Waals surface area contributed by atoms with E-state index in [1.165, 1.54) is 11.3 Å². The number of ether oxygens (including phenoxy) is 1. The Kier molecular flexibility index (Phi) is 6.75. The minimum absolute atomic E-state index is 0.145. The number of anilines is 1. The van der Waals surface area contributed by atoms with Crippen LogP contribution in [0.25, 0.3) is 0 Å². The normalized spacial score (nSPS) is 17.7. The summed E-state index contributed by atoms with van der Waals surface area (Å²) in [6.07, 6.45) is 2.85. The topological polar surface area (TPSA) is 53.9 Å². The largest absolute Gasteiger partial charge is 0.496 e. The summed E-state index contributed by atoms with van der Waals surface area (Å²) >= 11 is 2.18. The molecule has 5 nitrogen and oxygen atoms in total. The third-order valence-corrected chi connectivity index (χ3v) is 6.76. The molecule has 0 aliphatic carbocycles. The fourth-order valence-corrected chi connectivity index (χ4v) is 4.97. The van der Waals surface area contributed by atoms with Crippen LogP contribution in [0.1, 0.15) is 67.1 Å². The first-order valence-corrected chi connectivity index (χ1v) is 11.3. The maximum atomic E-state index is 12.4. The van der Waals surface area contributed by atoms with E-state index in [0.717, 1.165) is 27.7 Å². The second kappa shape index (κ2) is 8.96. The zero-order valence-corrected chi connectivity index (χ0v) is 20.7. The van der Waals surface area contributed by atoms with Crippen molar-refractivity contribution in [1.29, 1.82) is 0 Å². The summed E-state index contributed by atoms with van der Waals surface area (Å²) in [6.45, 7) is 12.2. The molecule has 6 heteroatoms. The average Bonchev–Trinajstić information content (AvgIpc) is 2.68. The van der Waals surface area contributed by atoms with Crippen molar-refractivity contribution in [3.63, 3.8) is 0 Å². The molecule has 0 aromatic heterocycles. The lowest BCUT2D eigenvalue weighted by atomic mass is 9.79. The molecule has 0 radical (unpaired) electrons. The van der Waals surface area contributed by atoms with Crippen molar-refractivity contribution >= 4 is 40.4 Å². The molecular formula is C24H30IN3O2. The molecule has 160 valence electrons. The first-order valence-electron chi connectivity index (χ1n) is 10.3. The van der Waals surface area contributed by atoms with Gasteiger partial charge in [-0.15, -0.1) is 0 Å². The Balaban J connectivity index is 1.82. The number of rotatable bonds is 5. The predicted octanol–water partition coefficient (Wildman–Crippen LogP) is 5.48. The summed E-state index contributed by atoms with van der Waals surface area (Å²) in [5.74, 6) is 0.887. The highest BCUT2D eigenvalue weighted by Crippen LogP contribution is 2.44. The SMILES string of the molecule is CCN1c2cc(C)c(/C=N/NC(=O)c3ccc(I)c(OC)c3)cc2[C@H](C)CC1(C)C. The van der Waals surface area contributed by atoms with Gasteiger partial charge in [-0.25, -0.2) is 5.43 Å². The zero-order chi connectivity index (χ0) is 22.1. The monoisotopic (exact) mass is 519 g/mol. The van der Waals surface area contributed by atoms with Crippen molar-refractivity contribution in [2.75, 3.05) is 18.6 Å². The van der Waals surface area contributed by atoms with E-state index in [1.54, 1.807) is 25.5 Å². The van der Waals surface area contributed by atoms with Gasteiger partial charge < -0.3 is 9.64 Å². The number of aryl methyl sites for hydroxylation is 1. The number of carbonyl (C=O) groups excluding carboxylic acids is 1. The van der Waals surface area contributed by atoms with Crippen LogP contribution in [0.4, 0.5) is 5.69 Å². The minimum atomic E-state index is -0.260. The molecule has 0 saturated carbocycles. The van der Waals surface area contributed by atoms with E-state index in [4.69, 9.17) is 4.74 Å². The van der Waals surface area contributed by atoms with Gasteiger partial charge in [-0.3, -0.25) is 4.79 Å². The van der Waals surface area contributed by atoms with Gasteiger partial charge in [0.2, 0.25) is 0 Å². The second-order valence-corrected chi connectivity index (χ2v) is 9.64. The lowest BCUT2D eigenvalue weighted by Crippen LogP contribution is -2.48. The summed E-state index contributed by atoms with van der Waals surface area (Å²) in [5.41, 5.74) is 8.12. The van der Waals surface area contributed by atoms with Gasteiger partial charge in [0.15, 0.2) is 0 Å². The van der Waals surface area contributed by atoms with Crippen molar-refractivity contribution in [3.05, 3.63) is 56.2 Å². The van der Waals surface area contributed by atoms with Crippen LogP contribution in [-0.4, -0.2) is 31.3 Å². The Labute approximate surface area is 193 Å². The lowest BCUT2D eigenvalue weighted by molar-refractivity contribution is 0.0954. The zero-order valence-electron chi connectivity index (χ0n) is 18.5. The van der Waals surface area contributed by atoms with Gasteiger partial charge in [0.05, 0.1) is 16.9 Å². The van der Waals surface area contributed by atoms with Gasteiger partial charge in [0, 0.05) is 23.3 Å². The fourth-order valence-electron chi connectivity index (χ4n) is 4.41. The number of hydrogen-bond donors (Lipinski definition) is 1. The van der Waals surface area contributed by atoms with Gasteiger partial charge in [-0.05, 0) is 110 Å². The molecule has 1 heterocycles. The number of nitrogens with one attached hydrogen (secondary N) is 1. The summed E-state index contributed by atoms with van der Waals surface area (Å²) in [5, 5.41) is 4.22. The minimum Gasteiger partial charge on any atom is -0.496 e. The van der Waals surface area contributed by atoms with Gasteiger partial charge in [-0.2, -0.15) is 5.10 Å². The molecule has 1 aliphatic rings. The molecule has 1 N–H and O–H groups in total. The number of amides is 1. The molecule has 0 unspecified atom stereocenters. The fraction of sp³-hybridized carbons (Fsp3) is 0.417. The molecule has 1 atom stereocenters. The van der Waals surface area contributed by atoms with Crippen LogP contribution in [0.3, 0.4) is 0 Å². The first kappa shape index (κ1) is 22.6. The molecule has 3 rings (SSSR count). The molecule has 0 saturated heterocycles. The third kappa shape index (κ3) is 4.48.